The Morgan fingerprint density at radius 2 is 2.33 bits per heavy atom. The van der Waals surface area contributed by atoms with Gasteiger partial charge in [0.1, 0.15) is 11.5 Å². The molecule has 1 amide bonds. The summed E-state index contributed by atoms with van der Waals surface area (Å²) >= 11 is 0. The highest BCUT2D eigenvalue weighted by Gasteiger charge is 2.27. The third kappa shape index (κ3) is 3.68. The summed E-state index contributed by atoms with van der Waals surface area (Å²) in [5.74, 6) is 0.541. The number of H-pyrrole nitrogens is 1. The SMILES string of the molecule is COCc1cc(=O)[nH]c(C2CCCN(C(=O)c3ccccn3)C2)n1. The van der Waals surface area contributed by atoms with E-state index in [9.17, 15) is 9.59 Å². The maximum atomic E-state index is 12.6. The van der Waals surface area contributed by atoms with E-state index in [1.54, 1.807) is 36.4 Å². The second-order valence-corrected chi connectivity index (χ2v) is 5.86. The first kappa shape index (κ1) is 16.3. The minimum absolute atomic E-state index is 0.0101. The van der Waals surface area contributed by atoms with E-state index >= 15 is 0 Å². The van der Waals surface area contributed by atoms with Crippen LogP contribution in [0, 0.1) is 0 Å². The zero-order valence-electron chi connectivity index (χ0n) is 13.6. The molecule has 0 aromatic carbocycles. The Kier molecular flexibility index (Phi) is 5.00. The molecule has 1 atom stereocenters. The largest absolute Gasteiger partial charge is 0.378 e. The van der Waals surface area contributed by atoms with Crippen molar-refractivity contribution in [2.24, 2.45) is 0 Å². The van der Waals surface area contributed by atoms with Gasteiger partial charge in [-0.15, -0.1) is 0 Å². The van der Waals surface area contributed by atoms with Crippen LogP contribution in [-0.2, 0) is 11.3 Å². The fraction of sp³-hybridized carbons (Fsp3) is 0.412. The molecule has 0 bridgehead atoms. The lowest BCUT2D eigenvalue weighted by molar-refractivity contribution is 0.0698. The molecule has 2 aromatic heterocycles. The Morgan fingerprint density at radius 3 is 3.08 bits per heavy atom. The number of piperidine rings is 1. The van der Waals surface area contributed by atoms with E-state index in [4.69, 9.17) is 4.74 Å². The van der Waals surface area contributed by atoms with Gasteiger partial charge in [0, 0.05) is 38.4 Å². The van der Waals surface area contributed by atoms with Crippen LogP contribution in [0.2, 0.25) is 0 Å². The number of aromatic amines is 1. The number of methoxy groups -OCH3 is 1. The second-order valence-electron chi connectivity index (χ2n) is 5.86. The normalized spacial score (nSPS) is 17.7. The first-order chi connectivity index (χ1) is 11.7. The van der Waals surface area contributed by atoms with E-state index in [1.165, 1.54) is 6.07 Å². The molecular weight excluding hydrogens is 308 g/mol. The molecule has 126 valence electrons. The van der Waals surface area contributed by atoms with Crippen LogP contribution in [-0.4, -0.2) is 46.0 Å². The van der Waals surface area contributed by atoms with Crippen LogP contribution in [0.3, 0.4) is 0 Å². The van der Waals surface area contributed by atoms with Crippen molar-refractivity contribution in [1.29, 1.82) is 0 Å². The molecule has 2 aromatic rings. The number of hydrogen-bond donors (Lipinski definition) is 1. The zero-order chi connectivity index (χ0) is 16.9. The lowest BCUT2D eigenvalue weighted by atomic mass is 9.96. The molecule has 0 spiro atoms. The van der Waals surface area contributed by atoms with E-state index in [1.807, 2.05) is 0 Å². The monoisotopic (exact) mass is 328 g/mol. The summed E-state index contributed by atoms with van der Waals surface area (Å²) in [4.78, 5) is 37.6. The van der Waals surface area contributed by atoms with Crippen LogP contribution >= 0.6 is 0 Å². The number of nitrogens with zero attached hydrogens (tertiary/aromatic N) is 3. The Morgan fingerprint density at radius 1 is 1.46 bits per heavy atom. The number of carbonyl (C=O) groups is 1. The smallest absolute Gasteiger partial charge is 0.272 e. The number of amides is 1. The molecular formula is C17H20N4O3. The fourth-order valence-electron chi connectivity index (χ4n) is 2.98. The van der Waals surface area contributed by atoms with Gasteiger partial charge in [0.2, 0.25) is 0 Å². The van der Waals surface area contributed by atoms with Crippen molar-refractivity contribution in [3.05, 3.63) is 58.0 Å². The molecule has 1 aliphatic rings. The second kappa shape index (κ2) is 7.35. The van der Waals surface area contributed by atoms with E-state index < -0.39 is 0 Å². The summed E-state index contributed by atoms with van der Waals surface area (Å²) in [7, 11) is 1.57. The van der Waals surface area contributed by atoms with Crippen molar-refractivity contribution in [3.63, 3.8) is 0 Å². The average Bonchev–Trinajstić information content (AvgIpc) is 2.62. The third-order valence-corrected chi connectivity index (χ3v) is 4.08. The molecule has 1 saturated heterocycles. The zero-order valence-corrected chi connectivity index (χ0v) is 13.6. The van der Waals surface area contributed by atoms with Crippen molar-refractivity contribution in [2.75, 3.05) is 20.2 Å². The number of carbonyl (C=O) groups excluding carboxylic acids is 1. The summed E-state index contributed by atoms with van der Waals surface area (Å²) < 4.78 is 5.05. The van der Waals surface area contributed by atoms with Gasteiger partial charge >= 0.3 is 0 Å². The topological polar surface area (TPSA) is 88.2 Å². The van der Waals surface area contributed by atoms with Gasteiger partial charge in [-0.3, -0.25) is 14.6 Å². The van der Waals surface area contributed by atoms with Crippen LogP contribution in [0.15, 0.2) is 35.3 Å². The van der Waals surface area contributed by atoms with E-state index in [0.717, 1.165) is 12.8 Å². The number of ether oxygens (including phenoxy) is 1. The molecule has 7 heteroatoms. The van der Waals surface area contributed by atoms with Crippen LogP contribution in [0.4, 0.5) is 0 Å². The van der Waals surface area contributed by atoms with Crippen molar-refractivity contribution >= 4 is 5.91 Å². The average molecular weight is 328 g/mol. The number of pyridine rings is 1. The van der Waals surface area contributed by atoms with Gasteiger partial charge in [-0.05, 0) is 25.0 Å². The van der Waals surface area contributed by atoms with Gasteiger partial charge in [-0.25, -0.2) is 4.98 Å². The van der Waals surface area contributed by atoms with Gasteiger partial charge < -0.3 is 14.6 Å². The van der Waals surface area contributed by atoms with E-state index in [0.29, 0.717) is 36.9 Å². The summed E-state index contributed by atoms with van der Waals surface area (Å²) in [6.45, 7) is 1.50. The van der Waals surface area contributed by atoms with E-state index in [-0.39, 0.29) is 17.4 Å². The Hall–Kier alpha value is -2.54. The molecule has 1 N–H and O–H groups in total. The highest BCUT2D eigenvalue weighted by Crippen LogP contribution is 2.25. The molecule has 1 unspecified atom stereocenters. The van der Waals surface area contributed by atoms with Gasteiger partial charge in [0.15, 0.2) is 0 Å². The minimum Gasteiger partial charge on any atom is -0.378 e. The number of likely N-dealkylation sites (tertiary alicyclic amines) is 1. The van der Waals surface area contributed by atoms with Gasteiger partial charge in [0.05, 0.1) is 12.3 Å². The highest BCUT2D eigenvalue weighted by molar-refractivity contribution is 5.92. The van der Waals surface area contributed by atoms with Crippen molar-refractivity contribution in [2.45, 2.75) is 25.4 Å². The predicted molar refractivity (Wildman–Crippen MR) is 87.7 cm³/mol. The van der Waals surface area contributed by atoms with Gasteiger partial charge in [0.25, 0.3) is 11.5 Å². The van der Waals surface area contributed by atoms with Crippen LogP contribution in [0.5, 0.6) is 0 Å². The molecule has 1 fully saturated rings. The third-order valence-electron chi connectivity index (χ3n) is 4.08. The first-order valence-corrected chi connectivity index (χ1v) is 7.97. The fourth-order valence-corrected chi connectivity index (χ4v) is 2.98. The molecule has 7 nitrogen and oxygen atoms in total. The van der Waals surface area contributed by atoms with Crippen LogP contribution in [0.25, 0.3) is 0 Å². The minimum atomic E-state index is -0.194. The number of aromatic nitrogens is 3. The van der Waals surface area contributed by atoms with Gasteiger partial charge in [-0.1, -0.05) is 6.07 Å². The Balaban J connectivity index is 1.78. The summed E-state index contributed by atoms with van der Waals surface area (Å²) in [5.41, 5.74) is 0.845. The van der Waals surface area contributed by atoms with Crippen LogP contribution < -0.4 is 5.56 Å². The molecule has 24 heavy (non-hydrogen) atoms. The summed E-state index contributed by atoms with van der Waals surface area (Å²) in [5, 5.41) is 0. The number of hydrogen-bond acceptors (Lipinski definition) is 5. The lowest BCUT2D eigenvalue weighted by Gasteiger charge is -2.32. The van der Waals surface area contributed by atoms with Gasteiger partial charge in [-0.2, -0.15) is 0 Å². The molecule has 0 aliphatic carbocycles. The predicted octanol–water partition coefficient (Wildman–Crippen LogP) is 1.33. The van der Waals surface area contributed by atoms with Crippen molar-refractivity contribution in [1.82, 2.24) is 19.9 Å². The Bertz CT molecular complexity index is 760. The summed E-state index contributed by atoms with van der Waals surface area (Å²) in [6.07, 6.45) is 3.36. The van der Waals surface area contributed by atoms with Crippen molar-refractivity contribution in [3.8, 4) is 0 Å². The Labute approximate surface area is 139 Å². The molecule has 1 aliphatic heterocycles. The molecule has 0 radical (unpaired) electrons. The quantitative estimate of drug-likeness (QED) is 0.915. The van der Waals surface area contributed by atoms with Crippen molar-refractivity contribution < 1.29 is 9.53 Å². The maximum Gasteiger partial charge on any atom is 0.272 e. The standard InChI is InChI=1S/C17H20N4O3/c1-24-11-13-9-15(22)20-16(19-13)12-5-4-8-21(10-12)17(23)14-6-2-3-7-18-14/h2-3,6-7,9,12H,4-5,8,10-11H2,1H3,(H,19,20,22). The maximum absolute atomic E-state index is 12.6. The lowest BCUT2D eigenvalue weighted by Crippen LogP contribution is -2.40. The van der Waals surface area contributed by atoms with Crippen LogP contribution in [0.1, 0.15) is 40.8 Å². The molecule has 3 rings (SSSR count). The highest BCUT2D eigenvalue weighted by atomic mass is 16.5. The molecule has 3 heterocycles. The first-order valence-electron chi connectivity index (χ1n) is 7.97. The summed E-state index contributed by atoms with van der Waals surface area (Å²) in [6, 6.07) is 6.73. The number of nitrogens with one attached hydrogen (secondary N) is 1. The number of rotatable bonds is 4. The molecule has 0 saturated carbocycles. The van der Waals surface area contributed by atoms with E-state index in [2.05, 4.69) is 15.0 Å².